The minimum atomic E-state index is 0.746. The highest BCUT2D eigenvalue weighted by Gasteiger charge is 2.03. The van der Waals surface area contributed by atoms with Gasteiger partial charge >= 0.3 is 0 Å². The van der Waals surface area contributed by atoms with Gasteiger partial charge < -0.3 is 10.3 Å². The number of aromatic nitrogens is 2. The molecule has 90 valence electrons. The third-order valence-corrected chi connectivity index (χ3v) is 2.24. The lowest BCUT2D eigenvalue weighted by atomic mass is 10.3. The van der Waals surface area contributed by atoms with Crippen molar-refractivity contribution in [2.24, 2.45) is 7.05 Å². The highest BCUT2D eigenvalue weighted by Crippen LogP contribution is 2.21. The molecule has 2 aromatic rings. The molecule has 2 rings (SSSR count). The Bertz CT molecular complexity index is 430. The van der Waals surface area contributed by atoms with E-state index < -0.39 is 0 Å². The number of rotatable bonds is 0. The molecule has 0 aliphatic rings. The molecule has 2 aromatic heterocycles. The van der Waals surface area contributed by atoms with Gasteiger partial charge in [0, 0.05) is 18.1 Å². The number of nitrogens with two attached hydrogens (primary N) is 1. The van der Waals surface area contributed by atoms with E-state index in [1.54, 1.807) is 6.20 Å². The van der Waals surface area contributed by atoms with Crippen LogP contribution in [-0.4, -0.2) is 9.55 Å². The van der Waals surface area contributed by atoms with Gasteiger partial charge in [-0.05, 0) is 13.0 Å². The molecule has 0 spiro atoms. The summed E-state index contributed by atoms with van der Waals surface area (Å²) in [4.78, 5) is 4.04. The van der Waals surface area contributed by atoms with Crippen LogP contribution in [0.25, 0.3) is 10.9 Å². The maximum atomic E-state index is 5.76. The van der Waals surface area contributed by atoms with Crippen LogP contribution in [0.15, 0.2) is 18.5 Å². The number of aryl methyl sites for hydroxylation is 2. The largest absolute Gasteiger partial charge is 0.397 e. The summed E-state index contributed by atoms with van der Waals surface area (Å²) in [6.45, 7) is 10.1. The van der Waals surface area contributed by atoms with Crippen LogP contribution in [0.4, 0.5) is 5.69 Å². The fourth-order valence-corrected chi connectivity index (χ4v) is 1.40. The Kier molecular flexibility index (Phi) is 6.23. The van der Waals surface area contributed by atoms with Gasteiger partial charge in [0.1, 0.15) is 0 Å². The van der Waals surface area contributed by atoms with Crippen molar-refractivity contribution in [2.75, 3.05) is 5.73 Å². The molecular formula is C13H23N3. The van der Waals surface area contributed by atoms with Crippen LogP contribution in [0.3, 0.4) is 0 Å². The average molecular weight is 221 g/mol. The first-order valence-corrected chi connectivity index (χ1v) is 5.85. The number of fused-ring (bicyclic) bond motifs is 1. The minimum absolute atomic E-state index is 0.746. The summed E-state index contributed by atoms with van der Waals surface area (Å²) < 4.78 is 2.08. The van der Waals surface area contributed by atoms with Crippen molar-refractivity contribution in [3.05, 3.63) is 24.2 Å². The van der Waals surface area contributed by atoms with E-state index in [1.165, 1.54) is 5.69 Å². The number of nitrogens with zero attached hydrogens (tertiary/aromatic N) is 2. The van der Waals surface area contributed by atoms with Gasteiger partial charge in [0.25, 0.3) is 0 Å². The van der Waals surface area contributed by atoms with Crippen LogP contribution in [0.2, 0.25) is 0 Å². The molecule has 0 amide bonds. The standard InChI is InChI=1S/C9H11N3.2C2H6/c1-6-3-7-8(10)4-11-5-9(7)12(6)2;2*1-2/h3-5H,10H2,1-2H3;2*1-2H3. The highest BCUT2D eigenvalue weighted by atomic mass is 15.0. The zero-order valence-corrected chi connectivity index (χ0v) is 11.2. The summed E-state index contributed by atoms with van der Waals surface area (Å²) in [5.74, 6) is 0. The highest BCUT2D eigenvalue weighted by molar-refractivity contribution is 5.90. The molecule has 2 N–H and O–H groups in total. The lowest BCUT2D eigenvalue weighted by Crippen LogP contribution is -1.91. The molecule has 0 aromatic carbocycles. The van der Waals surface area contributed by atoms with Crippen molar-refractivity contribution in [2.45, 2.75) is 34.6 Å². The molecule has 0 saturated carbocycles. The van der Waals surface area contributed by atoms with Crippen LogP contribution in [0.1, 0.15) is 33.4 Å². The smallest absolute Gasteiger partial charge is 0.0687 e. The van der Waals surface area contributed by atoms with E-state index >= 15 is 0 Å². The van der Waals surface area contributed by atoms with Crippen molar-refractivity contribution in [1.29, 1.82) is 0 Å². The predicted molar refractivity (Wildman–Crippen MR) is 72.6 cm³/mol. The van der Waals surface area contributed by atoms with Gasteiger partial charge in [-0.25, -0.2) is 0 Å². The molecule has 0 saturated heterocycles. The van der Waals surface area contributed by atoms with Crippen LogP contribution in [-0.2, 0) is 7.05 Å². The average Bonchev–Trinajstić information content (AvgIpc) is 2.63. The van der Waals surface area contributed by atoms with E-state index in [-0.39, 0.29) is 0 Å². The van der Waals surface area contributed by atoms with Crippen molar-refractivity contribution in [3.8, 4) is 0 Å². The molecular weight excluding hydrogens is 198 g/mol. The second-order valence-electron chi connectivity index (χ2n) is 3.01. The van der Waals surface area contributed by atoms with Crippen LogP contribution in [0.5, 0.6) is 0 Å². The van der Waals surface area contributed by atoms with Gasteiger partial charge in [0.2, 0.25) is 0 Å². The summed E-state index contributed by atoms with van der Waals surface area (Å²) in [5, 5.41) is 1.09. The Morgan fingerprint density at radius 2 is 1.69 bits per heavy atom. The first-order valence-electron chi connectivity index (χ1n) is 5.85. The monoisotopic (exact) mass is 221 g/mol. The number of pyridine rings is 1. The van der Waals surface area contributed by atoms with E-state index in [0.717, 1.165) is 16.6 Å². The van der Waals surface area contributed by atoms with Crippen molar-refractivity contribution >= 4 is 16.6 Å². The van der Waals surface area contributed by atoms with Crippen LogP contribution >= 0.6 is 0 Å². The van der Waals surface area contributed by atoms with Crippen molar-refractivity contribution in [1.82, 2.24) is 9.55 Å². The second kappa shape index (κ2) is 6.88. The summed E-state index contributed by atoms with van der Waals surface area (Å²) in [5.41, 5.74) is 8.80. The quantitative estimate of drug-likeness (QED) is 0.739. The molecule has 0 radical (unpaired) electrons. The number of nitrogen functional groups attached to an aromatic ring is 1. The maximum Gasteiger partial charge on any atom is 0.0687 e. The number of anilines is 1. The number of hydrogen-bond donors (Lipinski definition) is 1. The first kappa shape index (κ1) is 14.5. The maximum absolute atomic E-state index is 5.76. The van der Waals surface area contributed by atoms with E-state index in [2.05, 4.69) is 22.5 Å². The van der Waals surface area contributed by atoms with Crippen molar-refractivity contribution < 1.29 is 0 Å². The summed E-state index contributed by atoms with van der Waals surface area (Å²) in [6.07, 6.45) is 3.51. The molecule has 0 aliphatic carbocycles. The van der Waals surface area contributed by atoms with Gasteiger partial charge in [-0.1, -0.05) is 27.7 Å². The molecule has 2 heterocycles. The summed E-state index contributed by atoms with van der Waals surface area (Å²) in [6, 6.07) is 2.08. The fraction of sp³-hybridized carbons (Fsp3) is 0.462. The lowest BCUT2D eigenvalue weighted by Gasteiger charge is -1.98. The summed E-state index contributed by atoms with van der Waals surface area (Å²) >= 11 is 0. The molecule has 3 heteroatoms. The van der Waals surface area contributed by atoms with Gasteiger partial charge in [-0.15, -0.1) is 0 Å². The molecule has 0 bridgehead atoms. The van der Waals surface area contributed by atoms with Crippen LogP contribution < -0.4 is 5.73 Å². The van der Waals surface area contributed by atoms with E-state index in [1.807, 2.05) is 40.9 Å². The predicted octanol–water partition coefficient (Wildman–Crippen LogP) is 3.52. The Morgan fingerprint density at radius 1 is 1.12 bits per heavy atom. The lowest BCUT2D eigenvalue weighted by molar-refractivity contribution is 0.915. The zero-order valence-electron chi connectivity index (χ0n) is 11.2. The van der Waals surface area contributed by atoms with E-state index in [4.69, 9.17) is 5.73 Å². The molecule has 0 unspecified atom stereocenters. The normalized spacial score (nSPS) is 8.88. The third-order valence-electron chi connectivity index (χ3n) is 2.24. The van der Waals surface area contributed by atoms with Crippen molar-refractivity contribution in [3.63, 3.8) is 0 Å². The zero-order chi connectivity index (χ0) is 12.7. The van der Waals surface area contributed by atoms with Gasteiger partial charge in [-0.3, -0.25) is 4.98 Å². The topological polar surface area (TPSA) is 43.8 Å². The van der Waals surface area contributed by atoms with Gasteiger partial charge in [0.15, 0.2) is 0 Å². The SMILES string of the molecule is CC.CC.Cc1cc2c(N)cncc2n1C. The Morgan fingerprint density at radius 3 is 2.19 bits per heavy atom. The molecule has 3 nitrogen and oxygen atoms in total. The summed E-state index contributed by atoms with van der Waals surface area (Å²) in [7, 11) is 2.01. The van der Waals surface area contributed by atoms with E-state index in [9.17, 15) is 0 Å². The first-order chi connectivity index (χ1) is 7.70. The molecule has 0 fully saturated rings. The van der Waals surface area contributed by atoms with E-state index in [0.29, 0.717) is 0 Å². The van der Waals surface area contributed by atoms with Gasteiger partial charge in [0.05, 0.1) is 23.6 Å². The third kappa shape index (κ3) is 2.75. The van der Waals surface area contributed by atoms with Gasteiger partial charge in [-0.2, -0.15) is 0 Å². The molecule has 16 heavy (non-hydrogen) atoms. The minimum Gasteiger partial charge on any atom is -0.397 e. The Hall–Kier alpha value is -1.51. The Labute approximate surface area is 98.3 Å². The van der Waals surface area contributed by atoms with Crippen LogP contribution in [0, 0.1) is 6.92 Å². The fourth-order valence-electron chi connectivity index (χ4n) is 1.40. The molecule has 0 aliphatic heterocycles. The second-order valence-corrected chi connectivity index (χ2v) is 3.01. The Balaban J connectivity index is 0.000000509. The molecule has 0 atom stereocenters. The number of hydrogen-bond acceptors (Lipinski definition) is 2.